The van der Waals surface area contributed by atoms with Gasteiger partial charge in [0.25, 0.3) is 10.2 Å². The molecule has 1 spiro atoms. The highest BCUT2D eigenvalue weighted by Crippen LogP contribution is 2.60. The van der Waals surface area contributed by atoms with Crippen molar-refractivity contribution < 1.29 is 8.42 Å². The van der Waals surface area contributed by atoms with Crippen LogP contribution in [0.4, 0.5) is 0 Å². The maximum atomic E-state index is 11.4. The number of rotatable bonds is 4. The molecule has 4 nitrogen and oxygen atoms in total. The van der Waals surface area contributed by atoms with E-state index in [2.05, 4.69) is 13.0 Å². The highest BCUT2D eigenvalue weighted by molar-refractivity contribution is 7.99. The van der Waals surface area contributed by atoms with Gasteiger partial charge in [-0.3, -0.25) is 0 Å². The minimum absolute atomic E-state index is 0.348. The summed E-state index contributed by atoms with van der Waals surface area (Å²) in [6, 6.07) is 6.00. The molecule has 3 rings (SSSR count). The van der Waals surface area contributed by atoms with Gasteiger partial charge < -0.3 is 0 Å². The van der Waals surface area contributed by atoms with Crippen LogP contribution in [0.15, 0.2) is 23.1 Å². The third-order valence-corrected chi connectivity index (χ3v) is 7.67. The lowest BCUT2D eigenvalue weighted by atomic mass is 9.92. The summed E-state index contributed by atoms with van der Waals surface area (Å²) in [6.45, 7) is 3.23. The van der Waals surface area contributed by atoms with Crippen molar-refractivity contribution in [2.24, 2.45) is 16.5 Å². The Kier molecular flexibility index (Phi) is 4.51. The first-order chi connectivity index (χ1) is 10.3. The molecule has 2 N–H and O–H groups in total. The van der Waals surface area contributed by atoms with Gasteiger partial charge >= 0.3 is 0 Å². The Labute approximate surface area is 141 Å². The Balaban J connectivity index is 1.54. The van der Waals surface area contributed by atoms with E-state index in [0.29, 0.717) is 24.4 Å². The molecule has 1 atom stereocenters. The summed E-state index contributed by atoms with van der Waals surface area (Å²) in [5, 5.41) is 5.98. The van der Waals surface area contributed by atoms with Crippen molar-refractivity contribution in [3.8, 4) is 0 Å². The zero-order valence-corrected chi connectivity index (χ0v) is 15.0. The van der Waals surface area contributed by atoms with Crippen LogP contribution in [0.1, 0.15) is 24.8 Å². The Bertz CT molecular complexity index is 670. The first-order valence-electron chi connectivity index (χ1n) is 7.47. The van der Waals surface area contributed by atoms with Crippen molar-refractivity contribution in [1.29, 1.82) is 0 Å². The number of piperidine rings is 1. The second-order valence-electron chi connectivity index (χ2n) is 6.43. The van der Waals surface area contributed by atoms with Crippen LogP contribution < -0.4 is 5.14 Å². The van der Waals surface area contributed by atoms with Gasteiger partial charge in [-0.2, -0.15) is 12.7 Å². The smallest absolute Gasteiger partial charge is 0.216 e. The van der Waals surface area contributed by atoms with Crippen molar-refractivity contribution in [2.45, 2.75) is 31.1 Å². The van der Waals surface area contributed by atoms with Gasteiger partial charge in [-0.15, -0.1) is 11.8 Å². The van der Waals surface area contributed by atoms with E-state index in [0.717, 1.165) is 23.6 Å². The largest absolute Gasteiger partial charge is 0.276 e. The summed E-state index contributed by atoms with van der Waals surface area (Å²) >= 11 is 7.93. The third kappa shape index (κ3) is 3.46. The molecule has 1 aliphatic carbocycles. The first kappa shape index (κ1) is 16.6. The summed E-state index contributed by atoms with van der Waals surface area (Å²) in [5.41, 5.74) is 1.61. The summed E-state index contributed by atoms with van der Waals surface area (Å²) < 4.78 is 24.1. The third-order valence-electron chi connectivity index (χ3n) is 5.03. The molecular formula is C15H21ClN2O2S2. The van der Waals surface area contributed by atoms with Crippen LogP contribution in [0.3, 0.4) is 0 Å². The van der Waals surface area contributed by atoms with Gasteiger partial charge in [0.1, 0.15) is 0 Å². The van der Waals surface area contributed by atoms with Gasteiger partial charge in [0, 0.05) is 28.8 Å². The Morgan fingerprint density at radius 1 is 1.41 bits per heavy atom. The van der Waals surface area contributed by atoms with E-state index in [1.165, 1.54) is 21.2 Å². The molecule has 0 aromatic heterocycles. The molecule has 0 bridgehead atoms. The van der Waals surface area contributed by atoms with Crippen LogP contribution in [-0.4, -0.2) is 31.6 Å². The molecule has 0 unspecified atom stereocenters. The fraction of sp³-hybridized carbons (Fsp3) is 0.600. The molecule has 0 radical (unpaired) electrons. The number of halogens is 1. The van der Waals surface area contributed by atoms with Crippen molar-refractivity contribution in [3.63, 3.8) is 0 Å². The van der Waals surface area contributed by atoms with Crippen molar-refractivity contribution >= 4 is 33.6 Å². The number of hydrogen-bond acceptors (Lipinski definition) is 3. The van der Waals surface area contributed by atoms with E-state index < -0.39 is 10.2 Å². The fourth-order valence-electron chi connectivity index (χ4n) is 3.39. The lowest BCUT2D eigenvalue weighted by Crippen LogP contribution is -2.43. The van der Waals surface area contributed by atoms with Crippen LogP contribution in [0.25, 0.3) is 0 Å². The number of thioether (sulfide) groups is 1. The van der Waals surface area contributed by atoms with Gasteiger partial charge in [0.05, 0.1) is 0 Å². The highest BCUT2D eigenvalue weighted by atomic mass is 35.5. The lowest BCUT2D eigenvalue weighted by molar-refractivity contribution is 0.245. The number of nitrogens with two attached hydrogens (primary N) is 1. The predicted molar refractivity (Wildman–Crippen MR) is 91.4 cm³/mol. The van der Waals surface area contributed by atoms with Crippen molar-refractivity contribution in [3.05, 3.63) is 28.8 Å². The topological polar surface area (TPSA) is 63.4 Å². The summed E-state index contributed by atoms with van der Waals surface area (Å²) in [7, 11) is -3.52. The molecule has 2 fully saturated rings. The van der Waals surface area contributed by atoms with Gasteiger partial charge in [-0.25, -0.2) is 5.14 Å². The molecule has 0 amide bonds. The van der Waals surface area contributed by atoms with E-state index in [9.17, 15) is 8.42 Å². The normalized spacial score (nSPS) is 24.6. The summed E-state index contributed by atoms with van der Waals surface area (Å²) in [5.74, 6) is 1.76. The van der Waals surface area contributed by atoms with Crippen LogP contribution in [-0.2, 0) is 10.2 Å². The van der Waals surface area contributed by atoms with E-state index in [4.69, 9.17) is 16.7 Å². The van der Waals surface area contributed by atoms with Gasteiger partial charge in [-0.1, -0.05) is 17.7 Å². The van der Waals surface area contributed by atoms with Crippen LogP contribution in [0.5, 0.6) is 0 Å². The van der Waals surface area contributed by atoms with Crippen LogP contribution >= 0.6 is 23.4 Å². The molecule has 7 heteroatoms. The molecular weight excluding hydrogens is 340 g/mol. The summed E-state index contributed by atoms with van der Waals surface area (Å²) in [4.78, 5) is 1.25. The molecule has 2 aliphatic rings. The van der Waals surface area contributed by atoms with E-state index >= 15 is 0 Å². The van der Waals surface area contributed by atoms with E-state index in [1.54, 1.807) is 0 Å². The second kappa shape index (κ2) is 5.98. The molecule has 1 heterocycles. The molecule has 1 aromatic rings. The molecule has 122 valence electrons. The fourth-order valence-corrected chi connectivity index (χ4v) is 5.67. The number of hydrogen-bond donors (Lipinski definition) is 1. The molecule has 1 aliphatic heterocycles. The maximum absolute atomic E-state index is 11.4. The Morgan fingerprint density at radius 3 is 2.73 bits per heavy atom. The molecule has 1 saturated carbocycles. The van der Waals surface area contributed by atoms with Crippen LogP contribution in [0, 0.1) is 18.3 Å². The van der Waals surface area contributed by atoms with E-state index in [-0.39, 0.29) is 0 Å². The monoisotopic (exact) mass is 360 g/mol. The average Bonchev–Trinajstić information content (AvgIpc) is 3.11. The van der Waals surface area contributed by atoms with Crippen molar-refractivity contribution in [1.82, 2.24) is 4.31 Å². The van der Waals surface area contributed by atoms with Gasteiger partial charge in [-0.05, 0) is 55.2 Å². The minimum Gasteiger partial charge on any atom is -0.216 e. The standard InChI is InChI=1S/C15H21ClN2O2S2/c1-11-2-3-13(16)8-14(11)21-10-12-9-15(12)4-6-18(7-5-15)22(17,19)20/h2-3,8,12H,4-7,9-10H2,1H3,(H2,17,19,20)/t12-/m0/s1. The SMILES string of the molecule is Cc1ccc(Cl)cc1SC[C@@H]1CC12CCN(S(N)(=O)=O)CC2. The van der Waals surface area contributed by atoms with Gasteiger partial charge in [0.2, 0.25) is 0 Å². The Morgan fingerprint density at radius 2 is 2.09 bits per heavy atom. The van der Waals surface area contributed by atoms with Gasteiger partial charge in [0.15, 0.2) is 0 Å². The summed E-state index contributed by atoms with van der Waals surface area (Å²) in [6.07, 6.45) is 3.07. The number of aryl methyl sites for hydroxylation is 1. The average molecular weight is 361 g/mol. The maximum Gasteiger partial charge on any atom is 0.276 e. The zero-order chi connectivity index (χ0) is 16.0. The minimum atomic E-state index is -3.52. The predicted octanol–water partition coefficient (Wildman–Crippen LogP) is 3.05. The van der Waals surface area contributed by atoms with E-state index in [1.807, 2.05) is 23.9 Å². The molecule has 1 aromatic carbocycles. The second-order valence-corrected chi connectivity index (χ2v) is 9.47. The zero-order valence-electron chi connectivity index (χ0n) is 12.6. The quantitative estimate of drug-likeness (QED) is 0.839. The lowest BCUT2D eigenvalue weighted by Gasteiger charge is -2.30. The highest BCUT2D eigenvalue weighted by Gasteiger charge is 2.54. The Hall–Kier alpha value is -0.270. The number of nitrogens with zero attached hydrogens (tertiary/aromatic N) is 1. The number of benzene rings is 1. The molecule has 22 heavy (non-hydrogen) atoms. The van der Waals surface area contributed by atoms with Crippen LogP contribution in [0.2, 0.25) is 5.02 Å². The molecule has 1 saturated heterocycles. The first-order valence-corrected chi connectivity index (χ1v) is 10.3. The van der Waals surface area contributed by atoms with Crippen molar-refractivity contribution in [2.75, 3.05) is 18.8 Å².